The molecule has 2 aromatic rings. The molecular formula is C17H21N3O. The molecule has 0 fully saturated rings. The summed E-state index contributed by atoms with van der Waals surface area (Å²) in [4.78, 5) is 16.5. The maximum Gasteiger partial charge on any atom is 0.164 e. The summed E-state index contributed by atoms with van der Waals surface area (Å²) in [7, 11) is 0. The number of nitrogens with one attached hydrogen (secondary N) is 1. The first-order valence-electron chi connectivity index (χ1n) is 7.32. The highest BCUT2D eigenvalue weighted by atomic mass is 16.1. The van der Waals surface area contributed by atoms with E-state index in [0.29, 0.717) is 23.5 Å². The van der Waals surface area contributed by atoms with Crippen molar-refractivity contribution in [2.75, 3.05) is 11.1 Å². The van der Waals surface area contributed by atoms with Gasteiger partial charge in [-0.25, -0.2) is 4.98 Å². The van der Waals surface area contributed by atoms with Gasteiger partial charge in [0.15, 0.2) is 11.6 Å². The van der Waals surface area contributed by atoms with Gasteiger partial charge >= 0.3 is 0 Å². The Bertz CT molecular complexity index is 610. The van der Waals surface area contributed by atoms with E-state index in [1.165, 1.54) is 0 Å². The summed E-state index contributed by atoms with van der Waals surface area (Å²) in [5.41, 5.74) is 7.89. The molecule has 0 atom stereocenters. The van der Waals surface area contributed by atoms with Gasteiger partial charge in [-0.2, -0.15) is 0 Å². The number of carbonyl (C=O) groups excluding carboxylic acids is 1. The minimum atomic E-state index is 0.154. The van der Waals surface area contributed by atoms with Crippen LogP contribution in [0.5, 0.6) is 0 Å². The van der Waals surface area contributed by atoms with Crippen molar-refractivity contribution in [2.45, 2.75) is 32.6 Å². The third kappa shape index (κ3) is 4.05. The summed E-state index contributed by atoms with van der Waals surface area (Å²) in [5.74, 6) is 0.729. The average molecular weight is 283 g/mol. The second-order valence-corrected chi connectivity index (χ2v) is 4.99. The Morgan fingerprint density at radius 3 is 2.76 bits per heavy atom. The topological polar surface area (TPSA) is 68.0 Å². The number of carbonyl (C=O) groups is 1. The molecule has 110 valence electrons. The molecule has 3 N–H and O–H groups in total. The lowest BCUT2D eigenvalue weighted by molar-refractivity contribution is 0.0980. The molecule has 1 aromatic heterocycles. The molecule has 0 aliphatic heterocycles. The lowest BCUT2D eigenvalue weighted by Crippen LogP contribution is -2.06. The van der Waals surface area contributed by atoms with E-state index in [4.69, 9.17) is 5.73 Å². The van der Waals surface area contributed by atoms with Crippen molar-refractivity contribution < 1.29 is 4.79 Å². The molecule has 0 radical (unpaired) electrons. The first-order chi connectivity index (χ1) is 10.2. The highest BCUT2D eigenvalue weighted by Gasteiger charge is 2.11. The summed E-state index contributed by atoms with van der Waals surface area (Å²) in [5, 5.41) is 3.16. The van der Waals surface area contributed by atoms with E-state index in [2.05, 4.69) is 17.2 Å². The number of hydrogen-bond acceptors (Lipinski definition) is 4. The van der Waals surface area contributed by atoms with Crippen LogP contribution in [0.4, 0.5) is 17.2 Å². The van der Waals surface area contributed by atoms with Crippen molar-refractivity contribution in [1.82, 2.24) is 4.98 Å². The molecule has 0 aliphatic carbocycles. The fourth-order valence-corrected chi connectivity index (χ4v) is 2.16. The van der Waals surface area contributed by atoms with Gasteiger partial charge in [0.2, 0.25) is 0 Å². The number of Topliss-reactive ketones (excluding diaryl/α,β-unsaturated/α-hetero) is 1. The van der Waals surface area contributed by atoms with Gasteiger partial charge in [0.05, 0.1) is 11.4 Å². The highest BCUT2D eigenvalue weighted by Crippen LogP contribution is 2.24. The molecule has 2 rings (SSSR count). The van der Waals surface area contributed by atoms with Crippen LogP contribution in [0, 0.1) is 0 Å². The van der Waals surface area contributed by atoms with Crippen LogP contribution in [0.25, 0.3) is 0 Å². The van der Waals surface area contributed by atoms with Crippen LogP contribution in [0.2, 0.25) is 0 Å². The minimum Gasteiger partial charge on any atom is -0.396 e. The monoisotopic (exact) mass is 283 g/mol. The number of nitrogens with zero attached hydrogens (tertiary/aromatic N) is 1. The van der Waals surface area contributed by atoms with E-state index in [9.17, 15) is 4.79 Å². The molecule has 0 aliphatic rings. The van der Waals surface area contributed by atoms with Gasteiger partial charge in [-0.3, -0.25) is 4.79 Å². The molecule has 0 spiro atoms. The van der Waals surface area contributed by atoms with E-state index in [1.54, 1.807) is 18.3 Å². The van der Waals surface area contributed by atoms with Gasteiger partial charge in [0, 0.05) is 18.2 Å². The number of benzene rings is 1. The molecule has 21 heavy (non-hydrogen) atoms. The van der Waals surface area contributed by atoms with E-state index >= 15 is 0 Å². The van der Waals surface area contributed by atoms with E-state index < -0.39 is 0 Å². The Morgan fingerprint density at radius 1 is 1.19 bits per heavy atom. The van der Waals surface area contributed by atoms with Crippen LogP contribution in [0.1, 0.15) is 43.0 Å². The molecule has 0 saturated carbocycles. The molecule has 0 unspecified atom stereocenters. The van der Waals surface area contributed by atoms with Gasteiger partial charge in [0.1, 0.15) is 0 Å². The molecule has 1 heterocycles. The van der Waals surface area contributed by atoms with E-state index in [0.717, 1.165) is 24.9 Å². The number of aromatic nitrogens is 1. The number of rotatable bonds is 7. The van der Waals surface area contributed by atoms with Gasteiger partial charge in [0.25, 0.3) is 0 Å². The van der Waals surface area contributed by atoms with Gasteiger partial charge < -0.3 is 11.1 Å². The van der Waals surface area contributed by atoms with Crippen LogP contribution >= 0.6 is 0 Å². The van der Waals surface area contributed by atoms with Gasteiger partial charge in [-0.15, -0.1) is 0 Å². The largest absolute Gasteiger partial charge is 0.396 e. The lowest BCUT2D eigenvalue weighted by atomic mass is 10.0. The number of pyridine rings is 1. The molecule has 4 nitrogen and oxygen atoms in total. The zero-order chi connectivity index (χ0) is 15.1. The van der Waals surface area contributed by atoms with Crippen LogP contribution in [-0.4, -0.2) is 10.8 Å². The molecule has 0 saturated heterocycles. The van der Waals surface area contributed by atoms with Crippen LogP contribution in [0.15, 0.2) is 42.6 Å². The zero-order valence-electron chi connectivity index (χ0n) is 12.3. The van der Waals surface area contributed by atoms with Crippen molar-refractivity contribution in [3.8, 4) is 0 Å². The number of ketones is 1. The number of nitrogen functional groups attached to an aromatic ring is 1. The third-order valence-corrected chi connectivity index (χ3v) is 3.33. The Morgan fingerprint density at radius 2 is 2.00 bits per heavy atom. The fourth-order valence-electron chi connectivity index (χ4n) is 2.16. The van der Waals surface area contributed by atoms with Crippen molar-refractivity contribution in [3.63, 3.8) is 0 Å². The maximum atomic E-state index is 12.3. The molecular weight excluding hydrogens is 262 g/mol. The lowest BCUT2D eigenvalue weighted by Gasteiger charge is -2.12. The second kappa shape index (κ2) is 7.43. The number of unbranched alkanes of at least 4 members (excludes halogenated alkanes) is 2. The average Bonchev–Trinajstić information content (AvgIpc) is 2.50. The Balaban J connectivity index is 2.17. The summed E-state index contributed by atoms with van der Waals surface area (Å²) in [6.07, 6.45) is 5.36. The van der Waals surface area contributed by atoms with E-state index in [-0.39, 0.29) is 5.78 Å². The third-order valence-electron chi connectivity index (χ3n) is 3.33. The Labute approximate surface area is 125 Å². The normalized spacial score (nSPS) is 10.3. The molecule has 4 heteroatoms. The highest BCUT2D eigenvalue weighted by molar-refractivity contribution is 6.01. The summed E-state index contributed by atoms with van der Waals surface area (Å²) in [6, 6.07) is 11.0. The summed E-state index contributed by atoms with van der Waals surface area (Å²) < 4.78 is 0. The first-order valence-corrected chi connectivity index (χ1v) is 7.32. The van der Waals surface area contributed by atoms with Crippen molar-refractivity contribution >= 4 is 23.0 Å². The SMILES string of the molecule is CCCCCC(=O)c1ccccc1Nc1ncccc1N. The number of hydrogen-bond donors (Lipinski definition) is 2. The van der Waals surface area contributed by atoms with Gasteiger partial charge in [-0.1, -0.05) is 31.9 Å². The van der Waals surface area contributed by atoms with Crippen LogP contribution in [-0.2, 0) is 0 Å². The zero-order valence-corrected chi connectivity index (χ0v) is 12.3. The smallest absolute Gasteiger partial charge is 0.164 e. The number of para-hydroxylation sites is 1. The first kappa shape index (κ1) is 15.0. The minimum absolute atomic E-state index is 0.154. The predicted molar refractivity (Wildman–Crippen MR) is 86.8 cm³/mol. The van der Waals surface area contributed by atoms with Crippen LogP contribution in [0.3, 0.4) is 0 Å². The summed E-state index contributed by atoms with van der Waals surface area (Å²) in [6.45, 7) is 2.13. The van der Waals surface area contributed by atoms with Crippen LogP contribution < -0.4 is 11.1 Å². The van der Waals surface area contributed by atoms with Crippen molar-refractivity contribution in [1.29, 1.82) is 0 Å². The predicted octanol–water partition coefficient (Wildman–Crippen LogP) is 4.17. The standard InChI is InChI=1S/C17H21N3O/c1-2-3-4-11-16(21)13-8-5-6-10-15(13)20-17-14(18)9-7-12-19-17/h5-10,12H,2-4,11,18H2,1H3,(H,19,20). The van der Waals surface area contributed by atoms with Crippen molar-refractivity contribution in [3.05, 3.63) is 48.2 Å². The van der Waals surface area contributed by atoms with E-state index in [1.807, 2.05) is 24.3 Å². The Hall–Kier alpha value is -2.36. The molecule has 0 bridgehead atoms. The number of nitrogens with two attached hydrogens (primary N) is 1. The maximum absolute atomic E-state index is 12.3. The molecule has 1 aromatic carbocycles. The Kier molecular flexibility index (Phi) is 5.32. The molecule has 0 amide bonds. The quantitative estimate of drug-likeness (QED) is 0.591. The summed E-state index contributed by atoms with van der Waals surface area (Å²) >= 11 is 0. The fraction of sp³-hybridized carbons (Fsp3) is 0.294. The second-order valence-electron chi connectivity index (χ2n) is 4.99. The van der Waals surface area contributed by atoms with Crippen molar-refractivity contribution in [2.24, 2.45) is 0 Å². The van der Waals surface area contributed by atoms with Gasteiger partial charge in [-0.05, 0) is 30.7 Å². The number of anilines is 3.